The predicted molar refractivity (Wildman–Crippen MR) is 123 cm³/mol. The number of likely N-dealkylation sites (N-methyl/N-ethyl adjacent to an activating group) is 1. The maximum absolute atomic E-state index is 13.4. The van der Waals surface area contributed by atoms with Crippen molar-refractivity contribution in [3.8, 4) is 0 Å². The van der Waals surface area contributed by atoms with Crippen LogP contribution in [0.5, 0.6) is 0 Å². The van der Waals surface area contributed by atoms with Crippen molar-refractivity contribution in [2.24, 2.45) is 5.41 Å². The van der Waals surface area contributed by atoms with Crippen LogP contribution in [-0.4, -0.2) is 56.0 Å². The fraction of sp³-hybridized carbons (Fsp3) is 0.333. The molecule has 0 aliphatic carbocycles. The van der Waals surface area contributed by atoms with Crippen LogP contribution in [0.1, 0.15) is 24.2 Å². The summed E-state index contributed by atoms with van der Waals surface area (Å²) in [7, 11) is 1.48. The van der Waals surface area contributed by atoms with Crippen LogP contribution >= 0.6 is 0 Å². The zero-order valence-electron chi connectivity index (χ0n) is 19.3. The van der Waals surface area contributed by atoms with Gasteiger partial charge in [0.2, 0.25) is 11.8 Å². The Kier molecular flexibility index (Phi) is 7.18. The van der Waals surface area contributed by atoms with Crippen LogP contribution < -0.4 is 20.4 Å². The highest BCUT2D eigenvalue weighted by atomic mass is 19.4. The lowest BCUT2D eigenvalue weighted by Crippen LogP contribution is -2.57. The van der Waals surface area contributed by atoms with E-state index in [0.717, 1.165) is 13.8 Å². The van der Waals surface area contributed by atoms with Crippen LogP contribution in [0, 0.1) is 5.41 Å². The van der Waals surface area contributed by atoms with E-state index >= 15 is 0 Å². The van der Waals surface area contributed by atoms with Gasteiger partial charge >= 0.3 is 6.18 Å². The van der Waals surface area contributed by atoms with Crippen LogP contribution in [0.15, 0.2) is 54.6 Å². The Bertz CT molecular complexity index is 1140. The third-order valence-electron chi connectivity index (χ3n) is 5.68. The second-order valence-electron chi connectivity index (χ2n) is 8.62. The maximum Gasteiger partial charge on any atom is 0.405 e. The highest BCUT2D eigenvalue weighted by Gasteiger charge is 2.42. The molecule has 0 radical (unpaired) electrons. The quantitative estimate of drug-likeness (QED) is 0.630. The molecule has 2 aromatic rings. The van der Waals surface area contributed by atoms with E-state index in [0.29, 0.717) is 16.9 Å². The molecule has 1 aliphatic rings. The molecule has 1 heterocycles. The van der Waals surface area contributed by atoms with Gasteiger partial charge in [-0.3, -0.25) is 19.2 Å². The SMILES string of the molecule is CN1C(=O)[C@@H](NC(=O)C(C)(C)C(=O)NCC(F)(F)F)CN(C(=O)c2ccccc2)c2ccccc21. The Morgan fingerprint density at radius 2 is 1.51 bits per heavy atom. The smallest absolute Gasteiger partial charge is 0.346 e. The van der Waals surface area contributed by atoms with Crippen LogP contribution in [0.25, 0.3) is 0 Å². The van der Waals surface area contributed by atoms with Crippen LogP contribution in [-0.2, 0) is 14.4 Å². The number of amides is 4. The summed E-state index contributed by atoms with van der Waals surface area (Å²) in [6, 6.07) is 13.8. The number of para-hydroxylation sites is 2. The Morgan fingerprint density at radius 3 is 2.11 bits per heavy atom. The number of benzene rings is 2. The van der Waals surface area contributed by atoms with Crippen molar-refractivity contribution in [1.82, 2.24) is 10.6 Å². The minimum absolute atomic E-state index is 0.250. The first kappa shape index (κ1) is 25.7. The number of halogens is 3. The van der Waals surface area contributed by atoms with Crippen LogP contribution in [0.4, 0.5) is 24.5 Å². The normalized spacial score (nSPS) is 16.3. The topological polar surface area (TPSA) is 98.8 Å². The van der Waals surface area contributed by atoms with E-state index in [4.69, 9.17) is 0 Å². The van der Waals surface area contributed by atoms with Gasteiger partial charge in [0.05, 0.1) is 17.9 Å². The van der Waals surface area contributed by atoms with Gasteiger partial charge in [-0.25, -0.2) is 0 Å². The van der Waals surface area contributed by atoms with Gasteiger partial charge in [-0.05, 0) is 38.1 Å². The summed E-state index contributed by atoms with van der Waals surface area (Å²) in [5.41, 5.74) is -0.689. The van der Waals surface area contributed by atoms with Crippen LogP contribution in [0.2, 0.25) is 0 Å². The van der Waals surface area contributed by atoms with E-state index < -0.39 is 47.8 Å². The first-order valence-electron chi connectivity index (χ1n) is 10.7. The summed E-state index contributed by atoms with van der Waals surface area (Å²) < 4.78 is 37.5. The third kappa shape index (κ3) is 5.61. The Labute approximate surface area is 200 Å². The molecule has 186 valence electrons. The Morgan fingerprint density at radius 1 is 0.943 bits per heavy atom. The molecule has 4 amide bonds. The number of anilines is 2. The predicted octanol–water partition coefficient (Wildman–Crippen LogP) is 2.50. The lowest BCUT2D eigenvalue weighted by Gasteiger charge is -2.28. The van der Waals surface area contributed by atoms with Gasteiger partial charge in [-0.1, -0.05) is 30.3 Å². The van der Waals surface area contributed by atoms with Crippen molar-refractivity contribution >= 4 is 35.0 Å². The summed E-state index contributed by atoms with van der Waals surface area (Å²) in [4.78, 5) is 54.5. The van der Waals surface area contributed by atoms with Gasteiger partial charge in [-0.2, -0.15) is 13.2 Å². The highest BCUT2D eigenvalue weighted by molar-refractivity contribution is 6.13. The first-order chi connectivity index (χ1) is 16.3. The second-order valence-corrected chi connectivity index (χ2v) is 8.62. The standard InChI is InChI=1S/C24H25F3N4O4/c1-23(2,21(34)28-14-24(25,26)27)22(35)29-16-13-31(19(32)15-9-5-4-6-10-15)18-12-8-7-11-17(18)30(3)20(16)33/h4-12,16H,13-14H2,1-3H3,(H,28,34)(H,29,35)/t16-/m0/s1. The maximum atomic E-state index is 13.4. The van der Waals surface area contributed by atoms with E-state index in [1.165, 1.54) is 16.8 Å². The average molecular weight is 490 g/mol. The van der Waals surface area contributed by atoms with Crippen molar-refractivity contribution in [2.45, 2.75) is 26.1 Å². The van der Waals surface area contributed by atoms with Crippen molar-refractivity contribution in [3.05, 3.63) is 60.2 Å². The molecule has 8 nitrogen and oxygen atoms in total. The number of carbonyl (C=O) groups excluding carboxylic acids is 4. The van der Waals surface area contributed by atoms with E-state index in [2.05, 4.69) is 5.32 Å². The molecule has 0 unspecified atom stereocenters. The van der Waals surface area contributed by atoms with E-state index in [1.54, 1.807) is 59.9 Å². The van der Waals surface area contributed by atoms with Gasteiger partial charge in [0.25, 0.3) is 11.8 Å². The molecular weight excluding hydrogens is 465 g/mol. The molecule has 3 rings (SSSR count). The molecule has 1 atom stereocenters. The Balaban J connectivity index is 1.90. The number of hydrogen-bond donors (Lipinski definition) is 2. The molecule has 0 saturated heterocycles. The molecule has 0 aromatic heterocycles. The molecule has 11 heteroatoms. The number of carbonyl (C=O) groups is 4. The number of nitrogens with one attached hydrogen (secondary N) is 2. The van der Waals surface area contributed by atoms with Gasteiger partial charge < -0.3 is 20.4 Å². The van der Waals surface area contributed by atoms with Crippen molar-refractivity contribution in [1.29, 1.82) is 0 Å². The molecule has 0 bridgehead atoms. The summed E-state index contributed by atoms with van der Waals surface area (Å²) in [6.45, 7) is 0.462. The van der Waals surface area contributed by atoms with Gasteiger partial charge in [0.15, 0.2) is 0 Å². The molecule has 0 fully saturated rings. The number of nitrogens with zero attached hydrogens (tertiary/aromatic N) is 2. The fourth-order valence-corrected chi connectivity index (χ4v) is 3.57. The van der Waals surface area contributed by atoms with Gasteiger partial charge in [-0.15, -0.1) is 0 Å². The fourth-order valence-electron chi connectivity index (χ4n) is 3.57. The first-order valence-corrected chi connectivity index (χ1v) is 10.7. The minimum atomic E-state index is -4.65. The summed E-state index contributed by atoms with van der Waals surface area (Å²) in [5.74, 6) is -3.08. The molecule has 2 aromatic carbocycles. The molecular formula is C24H25F3N4O4. The number of hydrogen-bond acceptors (Lipinski definition) is 4. The van der Waals surface area contributed by atoms with Crippen molar-refractivity contribution in [3.63, 3.8) is 0 Å². The largest absolute Gasteiger partial charge is 0.405 e. The van der Waals surface area contributed by atoms with E-state index in [-0.39, 0.29) is 6.54 Å². The Hall–Kier alpha value is -3.89. The lowest BCUT2D eigenvalue weighted by atomic mass is 9.90. The van der Waals surface area contributed by atoms with Crippen molar-refractivity contribution < 1.29 is 32.3 Å². The number of rotatable bonds is 5. The summed E-state index contributed by atoms with van der Waals surface area (Å²) in [5, 5.41) is 4.15. The molecule has 35 heavy (non-hydrogen) atoms. The molecule has 1 aliphatic heterocycles. The average Bonchev–Trinajstić information content (AvgIpc) is 2.92. The second kappa shape index (κ2) is 9.77. The van der Waals surface area contributed by atoms with Crippen LogP contribution in [0.3, 0.4) is 0 Å². The third-order valence-corrected chi connectivity index (χ3v) is 5.68. The summed E-state index contributed by atoms with van der Waals surface area (Å²) >= 11 is 0. The molecule has 0 saturated carbocycles. The molecule has 2 N–H and O–H groups in total. The zero-order chi connectivity index (χ0) is 26.0. The van der Waals surface area contributed by atoms with Gasteiger partial charge in [0, 0.05) is 12.6 Å². The zero-order valence-corrected chi connectivity index (χ0v) is 19.3. The highest BCUT2D eigenvalue weighted by Crippen LogP contribution is 2.33. The van der Waals surface area contributed by atoms with Crippen molar-refractivity contribution in [2.75, 3.05) is 29.9 Å². The number of alkyl halides is 3. The number of fused-ring (bicyclic) bond motifs is 1. The minimum Gasteiger partial charge on any atom is -0.346 e. The van der Waals surface area contributed by atoms with E-state index in [1.807, 2.05) is 0 Å². The lowest BCUT2D eigenvalue weighted by molar-refractivity contribution is -0.149. The monoisotopic (exact) mass is 490 g/mol. The molecule has 0 spiro atoms. The van der Waals surface area contributed by atoms with E-state index in [9.17, 15) is 32.3 Å². The summed E-state index contributed by atoms with van der Waals surface area (Å²) in [6.07, 6.45) is -4.65. The van der Waals surface area contributed by atoms with Gasteiger partial charge in [0.1, 0.15) is 18.0 Å².